The number of carboxylic acid groups (broad SMARTS) is 1. The van der Waals surface area contributed by atoms with Gasteiger partial charge in [-0.05, 0) is 37.3 Å². The lowest BCUT2D eigenvalue weighted by Gasteiger charge is -2.42. The molecule has 114 valence electrons. The molecule has 2 rings (SSSR count). The summed E-state index contributed by atoms with van der Waals surface area (Å²) in [5.41, 5.74) is 3.01. The topological polar surface area (TPSA) is 57.6 Å². The van der Waals surface area contributed by atoms with Crippen LogP contribution in [-0.4, -0.2) is 23.0 Å². The monoisotopic (exact) mass is 289 g/mol. The number of amides is 1. The summed E-state index contributed by atoms with van der Waals surface area (Å²) in [5.74, 6) is -1.45. The van der Waals surface area contributed by atoms with Crippen LogP contribution >= 0.6 is 0 Å². The van der Waals surface area contributed by atoms with Crippen LogP contribution in [0.1, 0.15) is 38.3 Å². The Bertz CT molecular complexity index is 567. The Kier molecular flexibility index (Phi) is 4.35. The van der Waals surface area contributed by atoms with Crippen LogP contribution in [0.2, 0.25) is 0 Å². The highest BCUT2D eigenvalue weighted by Crippen LogP contribution is 2.37. The van der Waals surface area contributed by atoms with Gasteiger partial charge in [-0.3, -0.25) is 9.59 Å². The van der Waals surface area contributed by atoms with E-state index >= 15 is 0 Å². The number of hydrogen-bond acceptors (Lipinski definition) is 2. The van der Waals surface area contributed by atoms with Gasteiger partial charge in [0.25, 0.3) is 0 Å². The number of carbonyl (C=O) groups is 2. The van der Waals surface area contributed by atoms with Crippen LogP contribution in [-0.2, 0) is 16.0 Å². The first-order valence-electron chi connectivity index (χ1n) is 7.51. The number of anilines is 1. The minimum atomic E-state index is -0.820. The Morgan fingerprint density at radius 2 is 2.05 bits per heavy atom. The van der Waals surface area contributed by atoms with Gasteiger partial charge in [-0.25, -0.2) is 0 Å². The van der Waals surface area contributed by atoms with Gasteiger partial charge in [0.2, 0.25) is 5.91 Å². The Balaban J connectivity index is 2.52. The molecule has 1 fully saturated rings. The average Bonchev–Trinajstić information content (AvgIpc) is 2.39. The van der Waals surface area contributed by atoms with E-state index in [2.05, 4.69) is 6.92 Å². The number of para-hydroxylation sites is 1. The van der Waals surface area contributed by atoms with Crippen LogP contribution in [0.15, 0.2) is 18.2 Å². The number of carboxylic acids is 1. The highest BCUT2D eigenvalue weighted by molar-refractivity contribution is 5.98. The zero-order valence-corrected chi connectivity index (χ0v) is 13.1. The predicted molar refractivity (Wildman–Crippen MR) is 82.4 cm³/mol. The van der Waals surface area contributed by atoms with Gasteiger partial charge in [0, 0.05) is 12.5 Å². The molecule has 21 heavy (non-hydrogen) atoms. The van der Waals surface area contributed by atoms with Crippen LogP contribution < -0.4 is 4.90 Å². The van der Waals surface area contributed by atoms with Crippen molar-refractivity contribution >= 4 is 17.6 Å². The average molecular weight is 289 g/mol. The molecular formula is C17H23NO3. The van der Waals surface area contributed by atoms with E-state index in [1.165, 1.54) is 0 Å². The summed E-state index contributed by atoms with van der Waals surface area (Å²) in [5, 5.41) is 9.49. The molecule has 0 saturated carbocycles. The quantitative estimate of drug-likeness (QED) is 0.930. The normalized spacial score (nSPS) is 26.0. The second-order valence-corrected chi connectivity index (χ2v) is 5.99. The molecule has 1 aromatic carbocycles. The molecule has 0 spiro atoms. The van der Waals surface area contributed by atoms with E-state index in [1.807, 2.05) is 39.0 Å². The summed E-state index contributed by atoms with van der Waals surface area (Å²) in [4.78, 5) is 25.8. The zero-order valence-electron chi connectivity index (χ0n) is 13.1. The molecule has 1 amide bonds. The van der Waals surface area contributed by atoms with Gasteiger partial charge in [-0.1, -0.05) is 32.0 Å². The smallest absolute Gasteiger partial charge is 0.308 e. The molecule has 1 aliphatic rings. The van der Waals surface area contributed by atoms with Gasteiger partial charge in [0.15, 0.2) is 0 Å². The Morgan fingerprint density at radius 1 is 1.38 bits per heavy atom. The molecule has 1 aliphatic heterocycles. The lowest BCUT2D eigenvalue weighted by Crippen LogP contribution is -2.53. The first-order chi connectivity index (χ1) is 9.88. The molecule has 3 atom stereocenters. The van der Waals surface area contributed by atoms with E-state index in [0.29, 0.717) is 6.42 Å². The number of aryl methyl sites for hydroxylation is 2. The number of benzene rings is 1. The fourth-order valence-electron chi connectivity index (χ4n) is 3.49. The fraction of sp³-hybridized carbons (Fsp3) is 0.529. The van der Waals surface area contributed by atoms with Crippen LogP contribution in [0.3, 0.4) is 0 Å². The number of nitrogens with zero attached hydrogens (tertiary/aromatic N) is 1. The van der Waals surface area contributed by atoms with Crippen molar-refractivity contribution in [1.82, 2.24) is 0 Å². The molecule has 1 N–H and O–H groups in total. The highest BCUT2D eigenvalue weighted by atomic mass is 16.4. The van der Waals surface area contributed by atoms with E-state index in [-0.39, 0.29) is 17.9 Å². The third-order valence-electron chi connectivity index (χ3n) is 4.53. The van der Waals surface area contributed by atoms with Crippen molar-refractivity contribution in [3.05, 3.63) is 29.3 Å². The maximum atomic E-state index is 12.5. The molecule has 1 saturated heterocycles. The standard InChI is InChI=1S/C17H23NO3/c1-5-13-8-6-7-10(2)16(13)18-12(4)15(17(20)21)11(3)9-14(18)19/h6-8,11-12,15H,5,9H2,1-4H3,(H,20,21). The number of hydrogen-bond donors (Lipinski definition) is 1. The van der Waals surface area contributed by atoms with Crippen molar-refractivity contribution in [2.24, 2.45) is 11.8 Å². The molecule has 3 unspecified atom stereocenters. The maximum Gasteiger partial charge on any atom is 0.308 e. The van der Waals surface area contributed by atoms with Gasteiger partial charge in [-0.15, -0.1) is 0 Å². The van der Waals surface area contributed by atoms with Gasteiger partial charge in [0.1, 0.15) is 0 Å². The third-order valence-corrected chi connectivity index (χ3v) is 4.53. The molecule has 1 aromatic rings. The minimum Gasteiger partial charge on any atom is -0.481 e. The van der Waals surface area contributed by atoms with Crippen molar-refractivity contribution in [3.8, 4) is 0 Å². The molecule has 4 nitrogen and oxygen atoms in total. The largest absolute Gasteiger partial charge is 0.481 e. The molecule has 0 aliphatic carbocycles. The lowest BCUT2D eigenvalue weighted by atomic mass is 9.80. The molecule has 0 bridgehead atoms. The SMILES string of the molecule is CCc1cccc(C)c1N1C(=O)CC(C)C(C(=O)O)C1C. The van der Waals surface area contributed by atoms with Gasteiger partial charge in [-0.2, -0.15) is 0 Å². The molecule has 4 heteroatoms. The van der Waals surface area contributed by atoms with E-state index in [4.69, 9.17) is 0 Å². The van der Waals surface area contributed by atoms with Crippen molar-refractivity contribution in [2.75, 3.05) is 4.90 Å². The van der Waals surface area contributed by atoms with Crippen LogP contribution in [0.25, 0.3) is 0 Å². The summed E-state index contributed by atoms with van der Waals surface area (Å²) in [6.45, 7) is 7.72. The first-order valence-corrected chi connectivity index (χ1v) is 7.51. The lowest BCUT2D eigenvalue weighted by molar-refractivity contribution is -0.146. The summed E-state index contributed by atoms with van der Waals surface area (Å²) in [6.07, 6.45) is 1.11. The van der Waals surface area contributed by atoms with Crippen molar-refractivity contribution < 1.29 is 14.7 Å². The van der Waals surface area contributed by atoms with Gasteiger partial charge < -0.3 is 10.0 Å². The Morgan fingerprint density at radius 3 is 2.62 bits per heavy atom. The molecule has 0 aromatic heterocycles. The van der Waals surface area contributed by atoms with E-state index in [1.54, 1.807) is 4.90 Å². The summed E-state index contributed by atoms with van der Waals surface area (Å²) >= 11 is 0. The second-order valence-electron chi connectivity index (χ2n) is 5.99. The van der Waals surface area contributed by atoms with Crippen molar-refractivity contribution in [1.29, 1.82) is 0 Å². The number of carbonyl (C=O) groups excluding carboxylic acids is 1. The summed E-state index contributed by atoms with van der Waals surface area (Å²) < 4.78 is 0. The summed E-state index contributed by atoms with van der Waals surface area (Å²) in [6, 6.07) is 5.64. The van der Waals surface area contributed by atoms with Crippen molar-refractivity contribution in [3.63, 3.8) is 0 Å². The fourth-order valence-corrected chi connectivity index (χ4v) is 3.49. The van der Waals surface area contributed by atoms with Crippen molar-refractivity contribution in [2.45, 2.75) is 46.6 Å². The Labute approximate surface area is 125 Å². The van der Waals surface area contributed by atoms with E-state index in [0.717, 1.165) is 23.2 Å². The van der Waals surface area contributed by atoms with Gasteiger partial charge >= 0.3 is 5.97 Å². The predicted octanol–water partition coefficient (Wildman–Crippen LogP) is 3.02. The maximum absolute atomic E-state index is 12.5. The number of piperidine rings is 1. The molecule has 0 radical (unpaired) electrons. The third kappa shape index (κ3) is 2.67. The Hall–Kier alpha value is -1.84. The van der Waals surface area contributed by atoms with Gasteiger partial charge in [0.05, 0.1) is 11.6 Å². The minimum absolute atomic E-state index is 0.0245. The van der Waals surface area contributed by atoms with E-state index < -0.39 is 11.9 Å². The van der Waals surface area contributed by atoms with Crippen LogP contribution in [0, 0.1) is 18.8 Å². The number of rotatable bonds is 3. The number of aliphatic carboxylic acids is 1. The first kappa shape index (κ1) is 15.5. The van der Waals surface area contributed by atoms with Crippen LogP contribution in [0.4, 0.5) is 5.69 Å². The molecular weight excluding hydrogens is 266 g/mol. The van der Waals surface area contributed by atoms with Crippen LogP contribution in [0.5, 0.6) is 0 Å². The highest BCUT2D eigenvalue weighted by Gasteiger charge is 2.43. The second kappa shape index (κ2) is 5.88. The molecule has 1 heterocycles. The van der Waals surface area contributed by atoms with E-state index in [9.17, 15) is 14.7 Å². The summed E-state index contributed by atoms with van der Waals surface area (Å²) in [7, 11) is 0. The zero-order chi connectivity index (χ0) is 15.7.